The fourth-order valence-electron chi connectivity index (χ4n) is 2.64. The van der Waals surface area contributed by atoms with Gasteiger partial charge in [-0.2, -0.15) is 13.2 Å². The zero-order valence-corrected chi connectivity index (χ0v) is 15.6. The van der Waals surface area contributed by atoms with E-state index in [0.29, 0.717) is 5.92 Å². The molecule has 0 unspecified atom stereocenters. The molecule has 1 saturated carbocycles. The predicted octanol–water partition coefficient (Wildman–Crippen LogP) is 5.94. The smallest absolute Gasteiger partial charge is 0.333 e. The number of halogens is 6. The first-order valence-corrected chi connectivity index (χ1v) is 8.83. The predicted molar refractivity (Wildman–Crippen MR) is 95.7 cm³/mol. The summed E-state index contributed by atoms with van der Waals surface area (Å²) >= 11 is 17.9. The first-order valence-electron chi connectivity index (χ1n) is 7.70. The molecule has 1 N–H and O–H groups in total. The molecule has 0 saturated heterocycles. The van der Waals surface area contributed by atoms with Gasteiger partial charge in [0.15, 0.2) is 5.82 Å². The topological polar surface area (TPSA) is 46.9 Å². The molecule has 26 heavy (non-hydrogen) atoms. The van der Waals surface area contributed by atoms with Crippen LogP contribution in [0.5, 0.6) is 0 Å². The Labute approximate surface area is 161 Å². The van der Waals surface area contributed by atoms with Crippen LogP contribution in [-0.2, 0) is 6.18 Å². The van der Waals surface area contributed by atoms with Crippen molar-refractivity contribution in [2.24, 2.45) is 5.92 Å². The van der Waals surface area contributed by atoms with E-state index in [0.717, 1.165) is 25.0 Å². The van der Waals surface area contributed by atoms with Crippen molar-refractivity contribution >= 4 is 46.3 Å². The molecule has 3 rings (SSSR count). The number of nitrogens with zero attached hydrogens (tertiary/aromatic N) is 2. The van der Waals surface area contributed by atoms with Gasteiger partial charge in [-0.25, -0.2) is 4.98 Å². The Balaban J connectivity index is 2.00. The molecule has 10 heteroatoms. The van der Waals surface area contributed by atoms with Crippen molar-refractivity contribution in [2.45, 2.75) is 32.0 Å². The number of aromatic nitrogens is 2. The Hall–Kier alpha value is -1.44. The Morgan fingerprint density at radius 3 is 2.31 bits per heavy atom. The third kappa shape index (κ3) is 3.94. The van der Waals surface area contributed by atoms with Gasteiger partial charge in [0.25, 0.3) is 5.56 Å². The number of hydrogen-bond acceptors (Lipinski definition) is 3. The summed E-state index contributed by atoms with van der Waals surface area (Å²) in [5, 5.41) is 2.12. The molecule has 140 valence electrons. The van der Waals surface area contributed by atoms with Crippen LogP contribution in [0.3, 0.4) is 0 Å². The van der Waals surface area contributed by atoms with Crippen LogP contribution < -0.4 is 10.9 Å². The molecule has 0 amide bonds. The average molecular weight is 427 g/mol. The minimum absolute atomic E-state index is 0.0428. The number of nitrogens with one attached hydrogen (secondary N) is 1. The number of anilines is 2. The van der Waals surface area contributed by atoms with Crippen LogP contribution in [0.4, 0.5) is 24.7 Å². The van der Waals surface area contributed by atoms with E-state index in [2.05, 4.69) is 10.3 Å². The minimum Gasteiger partial charge on any atom is -0.333 e. The van der Waals surface area contributed by atoms with Crippen LogP contribution in [-0.4, -0.2) is 9.55 Å². The maximum absolute atomic E-state index is 12.8. The fraction of sp³-hybridized carbons (Fsp3) is 0.375. The lowest BCUT2D eigenvalue weighted by molar-refractivity contribution is -0.137. The zero-order valence-electron chi connectivity index (χ0n) is 13.4. The second-order valence-electron chi connectivity index (χ2n) is 6.14. The Bertz CT molecular complexity index is 887. The second-order valence-corrected chi connectivity index (χ2v) is 7.34. The molecule has 2 aromatic rings. The maximum atomic E-state index is 12.8. The highest BCUT2D eigenvalue weighted by atomic mass is 35.5. The van der Waals surface area contributed by atoms with Crippen LogP contribution in [0.25, 0.3) is 0 Å². The second kappa shape index (κ2) is 6.94. The van der Waals surface area contributed by atoms with Gasteiger partial charge in [0.1, 0.15) is 5.15 Å². The number of hydrogen-bond donors (Lipinski definition) is 1. The third-order valence-corrected chi connectivity index (χ3v) is 5.04. The number of rotatable bonds is 4. The molecule has 1 aromatic carbocycles. The summed E-state index contributed by atoms with van der Waals surface area (Å²) in [6, 6.07) is 1.39. The Kier molecular flexibility index (Phi) is 5.16. The van der Waals surface area contributed by atoms with Crippen LogP contribution in [0.15, 0.2) is 23.1 Å². The Morgan fingerprint density at radius 1 is 1.23 bits per heavy atom. The summed E-state index contributed by atoms with van der Waals surface area (Å²) in [6.07, 6.45) is -1.11. The van der Waals surface area contributed by atoms with Crippen LogP contribution in [0, 0.1) is 5.92 Å². The molecule has 0 aliphatic heterocycles. The van der Waals surface area contributed by atoms with E-state index < -0.39 is 17.3 Å². The van der Waals surface area contributed by atoms with Crippen molar-refractivity contribution < 1.29 is 13.2 Å². The third-order valence-electron chi connectivity index (χ3n) is 4.26. The fourth-order valence-corrected chi connectivity index (χ4v) is 3.41. The van der Waals surface area contributed by atoms with E-state index in [4.69, 9.17) is 34.8 Å². The van der Waals surface area contributed by atoms with Crippen molar-refractivity contribution in [1.29, 1.82) is 0 Å². The van der Waals surface area contributed by atoms with E-state index in [1.54, 1.807) is 0 Å². The standard InChI is InChI=1S/C16H13Cl3F3N3O/c1-7(8-2-3-8)25-6-12(19)23-14(15(25)26)24-13-10(17)4-9(5-11(13)18)16(20,21)22/h4-8H,2-3H2,1H3,(H,23,24)/t7-/m1/s1. The van der Waals surface area contributed by atoms with E-state index in [1.807, 2.05) is 6.92 Å². The maximum Gasteiger partial charge on any atom is 0.416 e. The normalized spacial score (nSPS) is 15.8. The summed E-state index contributed by atoms with van der Waals surface area (Å²) in [4.78, 5) is 16.6. The van der Waals surface area contributed by atoms with Crippen molar-refractivity contribution in [1.82, 2.24) is 9.55 Å². The molecule has 1 aliphatic carbocycles. The summed E-state index contributed by atoms with van der Waals surface area (Å²) in [5.41, 5.74) is -1.49. The first kappa shape index (κ1) is 19.3. The highest BCUT2D eigenvalue weighted by Gasteiger charge is 2.33. The van der Waals surface area contributed by atoms with Crippen molar-refractivity contribution in [3.05, 3.63) is 49.4 Å². The van der Waals surface area contributed by atoms with Crippen LogP contribution in [0.2, 0.25) is 15.2 Å². The minimum atomic E-state index is -4.59. The zero-order chi connectivity index (χ0) is 19.2. The SMILES string of the molecule is C[C@H](C1CC1)n1cc(Cl)nc(Nc2c(Cl)cc(C(F)(F)F)cc2Cl)c1=O. The quantitative estimate of drug-likeness (QED) is 0.658. The van der Waals surface area contributed by atoms with E-state index >= 15 is 0 Å². The largest absolute Gasteiger partial charge is 0.416 e. The molecular formula is C16H13Cl3F3N3O. The number of alkyl halides is 3. The van der Waals surface area contributed by atoms with E-state index in [-0.39, 0.29) is 32.7 Å². The van der Waals surface area contributed by atoms with Gasteiger partial charge < -0.3 is 9.88 Å². The molecule has 1 atom stereocenters. The lowest BCUT2D eigenvalue weighted by Gasteiger charge is -2.17. The summed E-state index contributed by atoms with van der Waals surface area (Å²) in [6.45, 7) is 1.90. The lowest BCUT2D eigenvalue weighted by Crippen LogP contribution is -2.27. The molecule has 4 nitrogen and oxygen atoms in total. The summed E-state index contributed by atoms with van der Waals surface area (Å²) < 4.78 is 39.9. The van der Waals surface area contributed by atoms with Crippen molar-refractivity contribution in [3.63, 3.8) is 0 Å². The monoisotopic (exact) mass is 425 g/mol. The van der Waals surface area contributed by atoms with Gasteiger partial charge in [-0.15, -0.1) is 0 Å². The molecule has 1 aromatic heterocycles. The summed E-state index contributed by atoms with van der Waals surface area (Å²) in [7, 11) is 0. The van der Waals surface area contributed by atoms with Gasteiger partial charge in [-0.3, -0.25) is 4.79 Å². The Morgan fingerprint density at radius 2 is 1.81 bits per heavy atom. The average Bonchev–Trinajstić information content (AvgIpc) is 3.36. The van der Waals surface area contributed by atoms with Crippen molar-refractivity contribution in [3.8, 4) is 0 Å². The van der Waals surface area contributed by atoms with E-state index in [1.165, 1.54) is 10.8 Å². The molecule has 1 fully saturated rings. The molecule has 1 aliphatic rings. The van der Waals surface area contributed by atoms with Crippen LogP contribution in [0.1, 0.15) is 31.4 Å². The van der Waals surface area contributed by atoms with Gasteiger partial charge in [0.2, 0.25) is 0 Å². The van der Waals surface area contributed by atoms with Gasteiger partial charge >= 0.3 is 6.18 Å². The first-order chi connectivity index (χ1) is 12.1. The van der Waals surface area contributed by atoms with Gasteiger partial charge in [0.05, 0.1) is 21.3 Å². The molecule has 0 spiro atoms. The van der Waals surface area contributed by atoms with E-state index in [9.17, 15) is 18.0 Å². The van der Waals surface area contributed by atoms with Gasteiger partial charge in [-0.1, -0.05) is 34.8 Å². The molecule has 0 bridgehead atoms. The van der Waals surface area contributed by atoms with Crippen LogP contribution >= 0.6 is 34.8 Å². The van der Waals surface area contributed by atoms with Crippen molar-refractivity contribution in [2.75, 3.05) is 5.32 Å². The molecule has 1 heterocycles. The lowest BCUT2D eigenvalue weighted by atomic mass is 10.2. The molecular weight excluding hydrogens is 414 g/mol. The van der Waals surface area contributed by atoms with Gasteiger partial charge in [-0.05, 0) is 37.8 Å². The van der Waals surface area contributed by atoms with Gasteiger partial charge in [0, 0.05) is 12.2 Å². The molecule has 0 radical (unpaired) electrons. The summed E-state index contributed by atoms with van der Waals surface area (Å²) in [5.74, 6) is 0.228. The highest BCUT2D eigenvalue weighted by molar-refractivity contribution is 6.39. The highest BCUT2D eigenvalue weighted by Crippen LogP contribution is 2.40. The number of benzene rings is 1.